The number of hydrogen-bond donors (Lipinski definition) is 3. The minimum atomic E-state index is -1.73. The van der Waals surface area contributed by atoms with Gasteiger partial charge in [0.2, 0.25) is 0 Å². The van der Waals surface area contributed by atoms with E-state index in [9.17, 15) is 19.8 Å². The van der Waals surface area contributed by atoms with Crippen LogP contribution in [0.15, 0.2) is 18.2 Å². The molecule has 0 saturated carbocycles. The fraction of sp³-hybridized carbons (Fsp3) is 0.273. The predicted octanol–water partition coefficient (Wildman–Crippen LogP) is 0.642. The summed E-state index contributed by atoms with van der Waals surface area (Å²) in [5, 5.41) is 27.6. The quantitative estimate of drug-likeness (QED) is 0.697. The van der Waals surface area contributed by atoms with Gasteiger partial charge in [0.15, 0.2) is 6.10 Å². The highest BCUT2D eigenvalue weighted by Crippen LogP contribution is 2.26. The van der Waals surface area contributed by atoms with E-state index in [0.29, 0.717) is 0 Å². The molecule has 0 saturated heterocycles. The molecule has 0 bridgehead atoms. The summed E-state index contributed by atoms with van der Waals surface area (Å²) < 4.78 is 0. The molecule has 0 aliphatic rings. The molecule has 0 amide bonds. The second-order valence-corrected chi connectivity index (χ2v) is 3.46. The van der Waals surface area contributed by atoms with Crippen LogP contribution >= 0.6 is 0 Å². The van der Waals surface area contributed by atoms with Crippen LogP contribution in [0.2, 0.25) is 0 Å². The normalized spacial score (nSPS) is 12.1. The Morgan fingerprint density at radius 1 is 1.38 bits per heavy atom. The highest BCUT2D eigenvalue weighted by atomic mass is 16.4. The van der Waals surface area contributed by atoms with E-state index >= 15 is 0 Å². The van der Waals surface area contributed by atoms with Crippen LogP contribution in [0.1, 0.15) is 24.2 Å². The van der Waals surface area contributed by atoms with E-state index in [-0.39, 0.29) is 29.1 Å². The average Bonchev–Trinajstić information content (AvgIpc) is 2.19. The minimum Gasteiger partial charge on any atom is -0.508 e. The first-order chi connectivity index (χ1) is 7.43. The molecule has 0 heterocycles. The Balaban J connectivity index is 3.22. The number of carboxylic acids is 1. The van der Waals surface area contributed by atoms with E-state index in [1.807, 2.05) is 0 Å². The largest absolute Gasteiger partial charge is 0.508 e. The number of hydrogen-bond acceptors (Lipinski definition) is 4. The second kappa shape index (κ2) is 4.76. The molecular weight excluding hydrogens is 212 g/mol. The van der Waals surface area contributed by atoms with Crippen molar-refractivity contribution in [2.24, 2.45) is 0 Å². The summed E-state index contributed by atoms with van der Waals surface area (Å²) in [4.78, 5) is 21.6. The van der Waals surface area contributed by atoms with Crippen LogP contribution in [-0.2, 0) is 16.0 Å². The van der Waals surface area contributed by atoms with Crippen molar-refractivity contribution >= 4 is 11.8 Å². The van der Waals surface area contributed by atoms with Gasteiger partial charge in [-0.1, -0.05) is 12.1 Å². The Labute approximate surface area is 92.0 Å². The van der Waals surface area contributed by atoms with E-state index in [2.05, 4.69) is 0 Å². The van der Waals surface area contributed by atoms with Gasteiger partial charge in [0, 0.05) is 12.0 Å². The van der Waals surface area contributed by atoms with Crippen molar-refractivity contribution in [3.05, 3.63) is 29.3 Å². The maximum Gasteiger partial charge on any atom is 0.337 e. The van der Waals surface area contributed by atoms with Crippen LogP contribution in [0.25, 0.3) is 0 Å². The Morgan fingerprint density at radius 3 is 2.50 bits per heavy atom. The van der Waals surface area contributed by atoms with E-state index < -0.39 is 12.1 Å². The van der Waals surface area contributed by atoms with E-state index in [4.69, 9.17) is 5.11 Å². The van der Waals surface area contributed by atoms with Gasteiger partial charge in [-0.2, -0.15) is 0 Å². The number of ketones is 1. The Bertz CT molecular complexity index is 424. The van der Waals surface area contributed by atoms with Gasteiger partial charge < -0.3 is 15.3 Å². The molecule has 1 atom stereocenters. The monoisotopic (exact) mass is 224 g/mol. The van der Waals surface area contributed by atoms with Gasteiger partial charge in [0.25, 0.3) is 0 Å². The number of carbonyl (C=O) groups excluding carboxylic acids is 1. The molecule has 3 N–H and O–H groups in total. The summed E-state index contributed by atoms with van der Waals surface area (Å²) in [6.45, 7) is 1.32. The van der Waals surface area contributed by atoms with Gasteiger partial charge in [-0.15, -0.1) is 0 Å². The average molecular weight is 224 g/mol. The number of phenols is 1. The van der Waals surface area contributed by atoms with Crippen LogP contribution in [0.5, 0.6) is 5.75 Å². The van der Waals surface area contributed by atoms with E-state index in [0.717, 1.165) is 0 Å². The van der Waals surface area contributed by atoms with Gasteiger partial charge >= 0.3 is 5.97 Å². The minimum absolute atomic E-state index is 0.0442. The van der Waals surface area contributed by atoms with Crippen LogP contribution < -0.4 is 0 Å². The third kappa shape index (κ3) is 2.58. The number of carboxylic acid groups (broad SMARTS) is 1. The lowest BCUT2D eigenvalue weighted by Crippen LogP contribution is -2.14. The van der Waals surface area contributed by atoms with E-state index in [1.165, 1.54) is 25.1 Å². The molecule has 1 unspecified atom stereocenters. The standard InChI is InChI=1S/C11H12O5/c1-6(12)5-8-7(10(14)11(15)16)3-2-4-9(8)13/h2-4,10,13-14H,5H2,1H3,(H,15,16). The molecule has 0 aliphatic carbocycles. The zero-order valence-corrected chi connectivity index (χ0v) is 8.67. The number of aliphatic carboxylic acids is 1. The van der Waals surface area contributed by atoms with Crippen LogP contribution in [0.3, 0.4) is 0 Å². The predicted molar refractivity (Wildman–Crippen MR) is 55.1 cm³/mol. The zero-order valence-electron chi connectivity index (χ0n) is 8.67. The summed E-state index contributed by atoms with van der Waals surface area (Å²) in [7, 11) is 0. The van der Waals surface area contributed by atoms with Crippen molar-refractivity contribution in [1.82, 2.24) is 0 Å². The maximum atomic E-state index is 11.0. The topological polar surface area (TPSA) is 94.8 Å². The number of aliphatic hydroxyl groups is 1. The first-order valence-electron chi connectivity index (χ1n) is 4.64. The lowest BCUT2D eigenvalue weighted by atomic mass is 9.97. The van der Waals surface area contributed by atoms with Crippen LogP contribution in [0.4, 0.5) is 0 Å². The lowest BCUT2D eigenvalue weighted by molar-refractivity contribution is -0.147. The Kier molecular flexibility index (Phi) is 3.63. The van der Waals surface area contributed by atoms with Crippen LogP contribution in [0, 0.1) is 0 Å². The van der Waals surface area contributed by atoms with Crippen molar-refractivity contribution < 1.29 is 24.9 Å². The van der Waals surface area contributed by atoms with Crippen molar-refractivity contribution in [1.29, 1.82) is 0 Å². The highest BCUT2D eigenvalue weighted by molar-refractivity contribution is 5.81. The van der Waals surface area contributed by atoms with Crippen molar-refractivity contribution in [3.63, 3.8) is 0 Å². The van der Waals surface area contributed by atoms with Gasteiger partial charge in [-0.25, -0.2) is 4.79 Å². The van der Waals surface area contributed by atoms with Gasteiger partial charge in [0.05, 0.1) is 0 Å². The summed E-state index contributed by atoms with van der Waals surface area (Å²) in [5.74, 6) is -1.83. The lowest BCUT2D eigenvalue weighted by Gasteiger charge is -2.12. The summed E-state index contributed by atoms with van der Waals surface area (Å²) in [5.41, 5.74) is 0.201. The third-order valence-corrected chi connectivity index (χ3v) is 2.14. The van der Waals surface area contributed by atoms with Crippen LogP contribution in [-0.4, -0.2) is 27.1 Å². The van der Waals surface area contributed by atoms with Gasteiger partial charge in [-0.3, -0.25) is 4.79 Å². The maximum absolute atomic E-state index is 11.0. The summed E-state index contributed by atoms with van der Waals surface area (Å²) in [6.07, 6.45) is -1.84. The molecule has 5 heteroatoms. The molecule has 1 rings (SSSR count). The molecule has 1 aromatic rings. The number of rotatable bonds is 4. The fourth-order valence-corrected chi connectivity index (χ4v) is 1.42. The van der Waals surface area contributed by atoms with Crippen molar-refractivity contribution in [2.75, 3.05) is 0 Å². The van der Waals surface area contributed by atoms with Crippen molar-refractivity contribution in [3.8, 4) is 5.75 Å². The Morgan fingerprint density at radius 2 is 2.00 bits per heavy atom. The second-order valence-electron chi connectivity index (χ2n) is 3.46. The molecule has 0 aliphatic heterocycles. The fourth-order valence-electron chi connectivity index (χ4n) is 1.42. The van der Waals surface area contributed by atoms with Gasteiger partial charge in [-0.05, 0) is 18.6 Å². The molecular formula is C11H12O5. The number of Topliss-reactive ketones (excluding diaryl/α,β-unsaturated/α-hetero) is 1. The SMILES string of the molecule is CC(=O)Cc1c(O)cccc1C(O)C(=O)O. The molecule has 16 heavy (non-hydrogen) atoms. The molecule has 5 nitrogen and oxygen atoms in total. The Hall–Kier alpha value is -1.88. The molecule has 0 spiro atoms. The molecule has 1 aromatic carbocycles. The first kappa shape index (κ1) is 12.2. The molecule has 0 aromatic heterocycles. The molecule has 86 valence electrons. The number of aromatic hydroxyl groups is 1. The number of phenolic OH excluding ortho intramolecular Hbond substituents is 1. The van der Waals surface area contributed by atoms with Gasteiger partial charge in [0.1, 0.15) is 11.5 Å². The molecule has 0 radical (unpaired) electrons. The highest BCUT2D eigenvalue weighted by Gasteiger charge is 2.21. The summed E-state index contributed by atoms with van der Waals surface area (Å²) in [6, 6.07) is 4.13. The molecule has 0 fully saturated rings. The van der Waals surface area contributed by atoms with E-state index in [1.54, 1.807) is 0 Å². The van der Waals surface area contributed by atoms with Crippen molar-refractivity contribution in [2.45, 2.75) is 19.4 Å². The number of aliphatic hydroxyl groups excluding tert-OH is 1. The first-order valence-corrected chi connectivity index (χ1v) is 4.64. The number of carbonyl (C=O) groups is 2. The smallest absolute Gasteiger partial charge is 0.337 e. The zero-order chi connectivity index (χ0) is 12.3. The third-order valence-electron chi connectivity index (χ3n) is 2.14. The summed E-state index contributed by atoms with van der Waals surface area (Å²) >= 11 is 0. The number of benzene rings is 1.